The zero-order valence-corrected chi connectivity index (χ0v) is 13.6. The van der Waals surface area contributed by atoms with Gasteiger partial charge in [0.15, 0.2) is 0 Å². The van der Waals surface area contributed by atoms with Gasteiger partial charge < -0.3 is 0 Å². The van der Waals surface area contributed by atoms with Crippen LogP contribution in [0.25, 0.3) is 0 Å². The third-order valence-electron chi connectivity index (χ3n) is 3.44. The highest BCUT2D eigenvalue weighted by atomic mass is 79.9. The topological polar surface area (TPSA) is 35.8 Å². The number of hydrogen-bond donors (Lipinski definition) is 1. The third kappa shape index (κ3) is 3.98. The van der Waals surface area contributed by atoms with Crippen LogP contribution >= 0.6 is 27.7 Å². The Hall–Kier alpha value is -0.500. The summed E-state index contributed by atoms with van der Waals surface area (Å²) in [5.41, 5.74) is -0.340. The summed E-state index contributed by atoms with van der Waals surface area (Å²) in [5, 5.41) is 13.1. The van der Waals surface area contributed by atoms with Crippen LogP contribution < -0.4 is 5.32 Å². The number of nitrogens with one attached hydrogen (secondary N) is 1. The van der Waals surface area contributed by atoms with E-state index in [2.05, 4.69) is 46.4 Å². The van der Waals surface area contributed by atoms with Crippen molar-refractivity contribution < 1.29 is 0 Å². The summed E-state index contributed by atoms with van der Waals surface area (Å²) in [5.74, 6) is 1.36. The lowest BCUT2D eigenvalue weighted by atomic mass is 9.97. The molecule has 0 aliphatic heterocycles. The molecule has 1 saturated carbocycles. The fourth-order valence-corrected chi connectivity index (χ4v) is 3.52. The summed E-state index contributed by atoms with van der Waals surface area (Å²) in [4.78, 5) is 1.22. The van der Waals surface area contributed by atoms with Crippen LogP contribution in [-0.2, 0) is 0 Å². The highest BCUT2D eigenvalue weighted by molar-refractivity contribution is 9.10. The lowest BCUT2D eigenvalue weighted by Crippen LogP contribution is -2.48. The first kappa shape index (κ1) is 14.9. The van der Waals surface area contributed by atoms with Crippen LogP contribution in [0.1, 0.15) is 26.2 Å². The number of hydrogen-bond acceptors (Lipinski definition) is 3. The molecule has 0 radical (unpaired) electrons. The first-order chi connectivity index (χ1) is 9.20. The van der Waals surface area contributed by atoms with E-state index in [-0.39, 0.29) is 5.54 Å². The zero-order chi connectivity index (χ0) is 13.7. The molecule has 1 aromatic carbocycles. The molecule has 1 aliphatic rings. The van der Waals surface area contributed by atoms with Crippen molar-refractivity contribution in [1.82, 2.24) is 5.32 Å². The minimum absolute atomic E-state index is 0.340. The quantitative estimate of drug-likeness (QED) is 0.756. The number of rotatable bonds is 7. The highest BCUT2D eigenvalue weighted by Gasteiger charge is 2.45. The van der Waals surface area contributed by atoms with Gasteiger partial charge in [-0.15, -0.1) is 11.8 Å². The maximum atomic E-state index is 9.60. The Morgan fingerprint density at radius 1 is 1.42 bits per heavy atom. The molecular formula is C15H19BrN2S. The van der Waals surface area contributed by atoms with E-state index in [1.165, 1.54) is 17.7 Å². The molecule has 2 rings (SSSR count). The van der Waals surface area contributed by atoms with Crippen molar-refractivity contribution in [2.75, 3.05) is 12.3 Å². The van der Waals surface area contributed by atoms with E-state index in [4.69, 9.17) is 0 Å². The van der Waals surface area contributed by atoms with Gasteiger partial charge in [0.2, 0.25) is 0 Å². The Kier molecular flexibility index (Phi) is 5.32. The Balaban J connectivity index is 2.00. The van der Waals surface area contributed by atoms with Crippen LogP contribution in [0.5, 0.6) is 0 Å². The summed E-state index contributed by atoms with van der Waals surface area (Å²) in [6, 6.07) is 10.9. The second kappa shape index (κ2) is 6.78. The van der Waals surface area contributed by atoms with Crippen LogP contribution in [0.15, 0.2) is 33.6 Å². The maximum absolute atomic E-state index is 9.60. The second-order valence-electron chi connectivity index (χ2n) is 5.03. The zero-order valence-electron chi connectivity index (χ0n) is 11.2. The molecule has 0 saturated heterocycles. The highest BCUT2D eigenvalue weighted by Crippen LogP contribution is 2.42. The number of halogens is 1. The first-order valence-electron chi connectivity index (χ1n) is 6.75. The molecule has 1 atom stereocenters. The van der Waals surface area contributed by atoms with Gasteiger partial charge in [-0.2, -0.15) is 5.26 Å². The van der Waals surface area contributed by atoms with Crippen molar-refractivity contribution >= 4 is 27.7 Å². The average molecular weight is 339 g/mol. The largest absolute Gasteiger partial charge is 0.298 e. The van der Waals surface area contributed by atoms with Gasteiger partial charge in [-0.1, -0.05) is 22.9 Å². The molecule has 0 aromatic heterocycles. The monoisotopic (exact) mass is 338 g/mol. The van der Waals surface area contributed by atoms with E-state index in [1.54, 1.807) is 11.8 Å². The van der Waals surface area contributed by atoms with Crippen molar-refractivity contribution in [2.45, 2.75) is 36.6 Å². The molecule has 0 heterocycles. The minimum atomic E-state index is -0.340. The predicted octanol–water partition coefficient (Wildman–Crippen LogP) is 4.21. The Bertz CT molecular complexity index is 450. The minimum Gasteiger partial charge on any atom is -0.298 e. The van der Waals surface area contributed by atoms with Gasteiger partial charge in [0.25, 0.3) is 0 Å². The van der Waals surface area contributed by atoms with E-state index in [0.29, 0.717) is 5.92 Å². The van der Waals surface area contributed by atoms with Gasteiger partial charge >= 0.3 is 0 Å². The Morgan fingerprint density at radius 2 is 2.11 bits per heavy atom. The maximum Gasteiger partial charge on any atom is 0.119 e. The van der Waals surface area contributed by atoms with Crippen LogP contribution in [0.4, 0.5) is 0 Å². The molecule has 2 nitrogen and oxygen atoms in total. The van der Waals surface area contributed by atoms with Crippen LogP contribution in [0.2, 0.25) is 0 Å². The van der Waals surface area contributed by atoms with Gasteiger partial charge in [0.1, 0.15) is 5.54 Å². The van der Waals surface area contributed by atoms with Gasteiger partial charge in [0, 0.05) is 15.1 Å². The SMILES string of the molecule is CCCNC(C#N)(CSc1ccc(Br)cc1)C1CC1. The number of nitrogens with zero attached hydrogens (tertiary/aromatic N) is 1. The van der Waals surface area contributed by atoms with Crippen molar-refractivity contribution in [3.05, 3.63) is 28.7 Å². The van der Waals surface area contributed by atoms with Gasteiger partial charge in [-0.05, 0) is 56.0 Å². The molecule has 19 heavy (non-hydrogen) atoms. The molecule has 102 valence electrons. The summed E-state index contributed by atoms with van der Waals surface area (Å²) in [6.45, 7) is 3.06. The van der Waals surface area contributed by atoms with Crippen LogP contribution in [0.3, 0.4) is 0 Å². The molecule has 0 bridgehead atoms. The molecule has 0 spiro atoms. The average Bonchev–Trinajstić information content (AvgIpc) is 3.26. The van der Waals surface area contributed by atoms with Crippen molar-refractivity contribution in [2.24, 2.45) is 5.92 Å². The number of thioether (sulfide) groups is 1. The number of nitriles is 1. The molecular weight excluding hydrogens is 320 g/mol. The van der Waals surface area contributed by atoms with E-state index in [1.807, 2.05) is 12.1 Å². The van der Waals surface area contributed by atoms with Gasteiger partial charge in [0.05, 0.1) is 6.07 Å². The lowest BCUT2D eigenvalue weighted by Gasteiger charge is -2.27. The van der Waals surface area contributed by atoms with Gasteiger partial charge in [-0.3, -0.25) is 5.32 Å². The second-order valence-corrected chi connectivity index (χ2v) is 6.99. The summed E-state index contributed by atoms with van der Waals surface area (Å²) < 4.78 is 1.09. The third-order valence-corrected chi connectivity index (χ3v) is 5.18. The smallest absolute Gasteiger partial charge is 0.119 e. The van der Waals surface area contributed by atoms with Crippen molar-refractivity contribution in [3.8, 4) is 6.07 Å². The normalized spacial score (nSPS) is 17.7. The number of benzene rings is 1. The van der Waals surface area contributed by atoms with Crippen molar-refractivity contribution in [3.63, 3.8) is 0 Å². The lowest BCUT2D eigenvalue weighted by molar-refractivity contribution is 0.406. The Morgan fingerprint density at radius 3 is 2.63 bits per heavy atom. The van der Waals surface area contributed by atoms with E-state index in [0.717, 1.165) is 23.2 Å². The molecule has 1 unspecified atom stereocenters. The summed E-state index contributed by atoms with van der Waals surface area (Å²) in [6.07, 6.45) is 3.44. The molecule has 1 N–H and O–H groups in total. The fraction of sp³-hybridized carbons (Fsp3) is 0.533. The van der Waals surface area contributed by atoms with E-state index in [9.17, 15) is 5.26 Å². The molecule has 1 aliphatic carbocycles. The molecule has 1 aromatic rings. The molecule has 0 amide bonds. The van der Waals surface area contributed by atoms with Crippen LogP contribution in [-0.4, -0.2) is 17.8 Å². The summed E-state index contributed by atoms with van der Waals surface area (Å²) in [7, 11) is 0. The summed E-state index contributed by atoms with van der Waals surface area (Å²) >= 11 is 5.22. The first-order valence-corrected chi connectivity index (χ1v) is 8.52. The Labute approximate surface area is 128 Å². The predicted molar refractivity (Wildman–Crippen MR) is 84.2 cm³/mol. The fourth-order valence-electron chi connectivity index (χ4n) is 2.13. The van der Waals surface area contributed by atoms with Gasteiger partial charge in [-0.25, -0.2) is 0 Å². The standard InChI is InChI=1S/C15H19BrN2S/c1-2-9-18-15(10-17,12-3-4-12)11-19-14-7-5-13(16)6-8-14/h5-8,12,18H,2-4,9,11H2,1H3. The molecule has 4 heteroatoms. The van der Waals surface area contributed by atoms with E-state index < -0.39 is 0 Å². The van der Waals surface area contributed by atoms with Crippen LogP contribution in [0, 0.1) is 17.2 Å². The van der Waals surface area contributed by atoms with E-state index >= 15 is 0 Å². The van der Waals surface area contributed by atoms with Crippen molar-refractivity contribution in [1.29, 1.82) is 5.26 Å². The molecule has 1 fully saturated rings.